The molecule has 0 aliphatic rings. The summed E-state index contributed by atoms with van der Waals surface area (Å²) in [5.41, 5.74) is 0. The molecule has 0 spiro atoms. The van der Waals surface area contributed by atoms with Crippen LogP contribution >= 0.6 is 22.9 Å². The molecule has 2 nitrogen and oxygen atoms in total. The highest BCUT2D eigenvalue weighted by Gasteiger charge is 2.10. The number of thiophene rings is 1. The molecule has 0 radical (unpaired) electrons. The summed E-state index contributed by atoms with van der Waals surface area (Å²) >= 11 is 7.30. The Kier molecular flexibility index (Phi) is 2.52. The minimum atomic E-state index is 0.165. The lowest BCUT2D eigenvalue weighted by molar-refractivity contribution is 0.323. The Hall–Kier alpha value is -0.930. The molecule has 74 valence electrons. The van der Waals surface area contributed by atoms with E-state index in [0.717, 1.165) is 10.1 Å². The molecule has 2 aromatic rings. The molecular weight excluding hydrogens is 220 g/mol. The predicted molar refractivity (Wildman–Crippen MR) is 59.7 cm³/mol. The monoisotopic (exact) mass is 228 g/mol. The van der Waals surface area contributed by atoms with Crippen LogP contribution in [0, 0.1) is 0 Å². The average Bonchev–Trinajstić information content (AvgIpc) is 2.51. The summed E-state index contributed by atoms with van der Waals surface area (Å²) in [6, 6.07) is 5.31. The molecule has 4 heteroatoms. The van der Waals surface area contributed by atoms with Crippen LogP contribution in [0.15, 0.2) is 18.2 Å². The quantitative estimate of drug-likeness (QED) is 0.850. The van der Waals surface area contributed by atoms with E-state index in [0.29, 0.717) is 16.7 Å². The van der Waals surface area contributed by atoms with Crippen molar-refractivity contribution in [1.29, 1.82) is 0 Å². The summed E-state index contributed by atoms with van der Waals surface area (Å²) in [7, 11) is 0. The highest BCUT2D eigenvalue weighted by molar-refractivity contribution is 7.23. The first kappa shape index (κ1) is 9.62. The van der Waals surface area contributed by atoms with E-state index in [9.17, 15) is 5.11 Å². The molecule has 0 bridgehead atoms. The fourth-order valence-corrected chi connectivity index (χ4v) is 2.55. The number of aromatic hydroxyl groups is 1. The van der Waals surface area contributed by atoms with E-state index in [-0.39, 0.29) is 5.75 Å². The minimum Gasteiger partial charge on any atom is -0.504 e. The zero-order valence-corrected chi connectivity index (χ0v) is 9.15. The molecule has 1 heterocycles. The summed E-state index contributed by atoms with van der Waals surface area (Å²) < 4.78 is 6.97. The van der Waals surface area contributed by atoms with Crippen molar-refractivity contribution in [2.24, 2.45) is 0 Å². The van der Waals surface area contributed by atoms with Gasteiger partial charge in [0.05, 0.1) is 15.6 Å². The van der Waals surface area contributed by atoms with Gasteiger partial charge in [0.1, 0.15) is 0 Å². The number of ether oxygens (including phenoxy) is 1. The largest absolute Gasteiger partial charge is 0.504 e. The van der Waals surface area contributed by atoms with Crippen molar-refractivity contribution >= 4 is 33.0 Å². The SMILES string of the molecule is CCOc1c(O)ccc2cc(Cl)sc12. The van der Waals surface area contributed by atoms with Crippen LogP contribution in [0.3, 0.4) is 0 Å². The molecule has 0 aliphatic heterocycles. The number of hydrogen-bond donors (Lipinski definition) is 1. The van der Waals surface area contributed by atoms with Crippen molar-refractivity contribution in [3.63, 3.8) is 0 Å². The van der Waals surface area contributed by atoms with E-state index < -0.39 is 0 Å². The van der Waals surface area contributed by atoms with E-state index in [4.69, 9.17) is 16.3 Å². The summed E-state index contributed by atoms with van der Waals surface area (Å²) in [4.78, 5) is 0. The Bertz CT molecular complexity index is 464. The van der Waals surface area contributed by atoms with Crippen LogP contribution in [0.5, 0.6) is 11.5 Å². The third-order valence-electron chi connectivity index (χ3n) is 1.88. The molecule has 0 unspecified atom stereocenters. The normalized spacial score (nSPS) is 10.7. The van der Waals surface area contributed by atoms with Gasteiger partial charge in [0.25, 0.3) is 0 Å². The van der Waals surface area contributed by atoms with Crippen LogP contribution in [0.2, 0.25) is 4.34 Å². The number of halogens is 1. The van der Waals surface area contributed by atoms with Gasteiger partial charge in [-0.25, -0.2) is 0 Å². The third kappa shape index (κ3) is 1.53. The fourth-order valence-electron chi connectivity index (χ4n) is 1.32. The van der Waals surface area contributed by atoms with Crippen LogP contribution in [0.1, 0.15) is 6.92 Å². The minimum absolute atomic E-state index is 0.165. The van der Waals surface area contributed by atoms with E-state index >= 15 is 0 Å². The van der Waals surface area contributed by atoms with Crippen molar-refractivity contribution < 1.29 is 9.84 Å². The van der Waals surface area contributed by atoms with Crippen molar-refractivity contribution in [1.82, 2.24) is 0 Å². The first-order valence-corrected chi connectivity index (χ1v) is 5.45. The van der Waals surface area contributed by atoms with Crippen LogP contribution < -0.4 is 4.74 Å². The Morgan fingerprint density at radius 1 is 1.50 bits per heavy atom. The van der Waals surface area contributed by atoms with Crippen molar-refractivity contribution in [2.45, 2.75) is 6.92 Å². The number of fused-ring (bicyclic) bond motifs is 1. The van der Waals surface area contributed by atoms with Gasteiger partial charge in [0.2, 0.25) is 0 Å². The van der Waals surface area contributed by atoms with E-state index in [2.05, 4.69) is 0 Å². The van der Waals surface area contributed by atoms with Crippen molar-refractivity contribution in [3.05, 3.63) is 22.5 Å². The van der Waals surface area contributed by atoms with Gasteiger partial charge in [-0.15, -0.1) is 11.3 Å². The number of benzene rings is 1. The number of rotatable bonds is 2. The van der Waals surface area contributed by atoms with Crippen LogP contribution in [0.25, 0.3) is 10.1 Å². The topological polar surface area (TPSA) is 29.5 Å². The maximum absolute atomic E-state index is 9.59. The Morgan fingerprint density at radius 2 is 2.29 bits per heavy atom. The molecular formula is C10H9ClO2S. The summed E-state index contributed by atoms with van der Waals surface area (Å²) in [6.45, 7) is 2.41. The molecule has 0 fully saturated rings. The molecule has 0 amide bonds. The lowest BCUT2D eigenvalue weighted by Crippen LogP contribution is -1.91. The molecule has 0 aliphatic carbocycles. The Morgan fingerprint density at radius 3 is 3.00 bits per heavy atom. The second kappa shape index (κ2) is 3.67. The molecule has 0 atom stereocenters. The van der Waals surface area contributed by atoms with Crippen molar-refractivity contribution in [2.75, 3.05) is 6.61 Å². The lowest BCUT2D eigenvalue weighted by Gasteiger charge is -2.05. The summed E-state index contributed by atoms with van der Waals surface area (Å²) in [5.74, 6) is 0.694. The van der Waals surface area contributed by atoms with Gasteiger partial charge in [-0.3, -0.25) is 0 Å². The Labute approximate surface area is 90.7 Å². The molecule has 0 saturated carbocycles. The van der Waals surface area contributed by atoms with Crippen LogP contribution in [-0.4, -0.2) is 11.7 Å². The zero-order valence-electron chi connectivity index (χ0n) is 7.58. The van der Waals surface area contributed by atoms with E-state index in [1.165, 1.54) is 11.3 Å². The second-order valence-electron chi connectivity index (χ2n) is 2.82. The van der Waals surface area contributed by atoms with Gasteiger partial charge in [-0.05, 0) is 30.5 Å². The maximum Gasteiger partial charge on any atom is 0.178 e. The second-order valence-corrected chi connectivity index (χ2v) is 4.50. The summed E-state index contributed by atoms with van der Waals surface area (Å²) in [5, 5.41) is 10.6. The highest BCUT2D eigenvalue weighted by Crippen LogP contribution is 2.41. The predicted octanol–water partition coefficient (Wildman–Crippen LogP) is 3.66. The first-order valence-electron chi connectivity index (χ1n) is 4.26. The van der Waals surface area contributed by atoms with Gasteiger partial charge >= 0.3 is 0 Å². The number of hydrogen-bond acceptors (Lipinski definition) is 3. The van der Waals surface area contributed by atoms with Gasteiger partial charge in [-0.2, -0.15) is 0 Å². The van der Waals surface area contributed by atoms with Gasteiger partial charge in [-0.1, -0.05) is 11.6 Å². The maximum atomic E-state index is 9.59. The lowest BCUT2D eigenvalue weighted by atomic mass is 10.2. The van der Waals surface area contributed by atoms with E-state index in [1.807, 2.05) is 19.1 Å². The van der Waals surface area contributed by atoms with Crippen LogP contribution in [0.4, 0.5) is 0 Å². The number of phenolic OH excluding ortho intramolecular Hbond substituents is 1. The van der Waals surface area contributed by atoms with Gasteiger partial charge < -0.3 is 9.84 Å². The van der Waals surface area contributed by atoms with Gasteiger partial charge in [0.15, 0.2) is 11.5 Å². The standard InChI is InChI=1S/C10H9ClO2S/c1-2-13-9-7(12)4-3-6-5-8(11)14-10(6)9/h3-5,12H,2H2,1H3. The average molecular weight is 229 g/mol. The molecule has 14 heavy (non-hydrogen) atoms. The van der Waals surface area contributed by atoms with Crippen LogP contribution in [-0.2, 0) is 0 Å². The summed E-state index contributed by atoms with van der Waals surface area (Å²) in [6.07, 6.45) is 0. The molecule has 2 rings (SSSR count). The smallest absolute Gasteiger partial charge is 0.178 e. The molecule has 1 N–H and O–H groups in total. The highest BCUT2D eigenvalue weighted by atomic mass is 35.5. The zero-order chi connectivity index (χ0) is 10.1. The number of phenols is 1. The molecule has 1 aromatic heterocycles. The van der Waals surface area contributed by atoms with Gasteiger partial charge in [0, 0.05) is 0 Å². The third-order valence-corrected chi connectivity index (χ3v) is 3.16. The Balaban J connectivity index is 2.68. The van der Waals surface area contributed by atoms with Crippen molar-refractivity contribution in [3.8, 4) is 11.5 Å². The first-order chi connectivity index (χ1) is 6.72. The molecule has 1 aromatic carbocycles. The fraction of sp³-hybridized carbons (Fsp3) is 0.200. The van der Waals surface area contributed by atoms with E-state index in [1.54, 1.807) is 6.07 Å². The molecule has 0 saturated heterocycles.